The van der Waals surface area contributed by atoms with E-state index in [4.69, 9.17) is 0 Å². The second-order valence-corrected chi connectivity index (χ2v) is 6.97. The average molecular weight is 352 g/mol. The van der Waals surface area contributed by atoms with Crippen LogP contribution < -0.4 is 10.6 Å². The van der Waals surface area contributed by atoms with Gasteiger partial charge in [0.1, 0.15) is 0 Å². The maximum absolute atomic E-state index is 12.8. The molecular formula is C19H24N6O. The molecule has 26 heavy (non-hydrogen) atoms. The van der Waals surface area contributed by atoms with Crippen molar-refractivity contribution in [3.8, 4) is 0 Å². The Morgan fingerprint density at radius 3 is 2.54 bits per heavy atom. The Morgan fingerprint density at radius 1 is 1.12 bits per heavy atom. The van der Waals surface area contributed by atoms with E-state index in [1.165, 1.54) is 0 Å². The van der Waals surface area contributed by atoms with Crippen LogP contribution in [0.4, 0.5) is 5.95 Å². The zero-order valence-corrected chi connectivity index (χ0v) is 15.3. The van der Waals surface area contributed by atoms with Crippen molar-refractivity contribution in [2.24, 2.45) is 5.92 Å². The number of piperidine rings is 1. The number of aromatic nitrogens is 5. The van der Waals surface area contributed by atoms with Crippen molar-refractivity contribution in [2.75, 3.05) is 18.0 Å². The fourth-order valence-electron chi connectivity index (χ4n) is 3.74. The molecule has 1 aliphatic rings. The Bertz CT molecular complexity index is 950. The van der Waals surface area contributed by atoms with E-state index in [0.29, 0.717) is 12.5 Å². The van der Waals surface area contributed by atoms with Crippen molar-refractivity contribution >= 4 is 17.1 Å². The third-order valence-electron chi connectivity index (χ3n) is 5.20. The Labute approximate surface area is 152 Å². The van der Waals surface area contributed by atoms with Gasteiger partial charge in [0.15, 0.2) is 5.65 Å². The van der Waals surface area contributed by atoms with Gasteiger partial charge < -0.3 is 4.90 Å². The lowest BCUT2D eigenvalue weighted by Gasteiger charge is -2.32. The van der Waals surface area contributed by atoms with Crippen molar-refractivity contribution in [3.05, 3.63) is 46.8 Å². The molecule has 0 atom stereocenters. The first kappa shape index (κ1) is 16.8. The molecule has 0 amide bonds. The molecule has 4 rings (SSSR count). The van der Waals surface area contributed by atoms with Crippen LogP contribution in [0.3, 0.4) is 0 Å². The van der Waals surface area contributed by atoms with E-state index < -0.39 is 0 Å². The van der Waals surface area contributed by atoms with Gasteiger partial charge in [-0.25, -0.2) is 19.7 Å². The number of imidazole rings is 1. The van der Waals surface area contributed by atoms with Gasteiger partial charge in [0.05, 0.1) is 5.52 Å². The normalized spacial score (nSPS) is 15.7. The summed E-state index contributed by atoms with van der Waals surface area (Å²) in [7, 11) is 0. The SMILES string of the molecule is CCn1c(=O)n(CC2CCN(c3ncc(C)cn3)CC2)c2ncccc21. The summed E-state index contributed by atoms with van der Waals surface area (Å²) in [6, 6.07) is 3.86. The number of pyridine rings is 1. The quantitative estimate of drug-likeness (QED) is 0.720. The van der Waals surface area contributed by atoms with E-state index in [9.17, 15) is 4.79 Å². The zero-order chi connectivity index (χ0) is 18.1. The summed E-state index contributed by atoms with van der Waals surface area (Å²) in [5.74, 6) is 1.27. The molecular weight excluding hydrogens is 328 g/mol. The number of anilines is 1. The van der Waals surface area contributed by atoms with E-state index in [2.05, 4.69) is 19.9 Å². The first-order chi connectivity index (χ1) is 12.7. The maximum atomic E-state index is 12.8. The highest BCUT2D eigenvalue weighted by molar-refractivity contribution is 5.71. The fraction of sp³-hybridized carbons (Fsp3) is 0.474. The third kappa shape index (κ3) is 2.98. The lowest BCUT2D eigenvalue weighted by Crippen LogP contribution is -2.37. The Balaban J connectivity index is 1.50. The van der Waals surface area contributed by atoms with Gasteiger partial charge in [0.2, 0.25) is 5.95 Å². The van der Waals surface area contributed by atoms with Crippen LogP contribution in [0.25, 0.3) is 11.2 Å². The lowest BCUT2D eigenvalue weighted by atomic mass is 9.97. The number of rotatable bonds is 4. The van der Waals surface area contributed by atoms with Crippen LogP contribution in [-0.2, 0) is 13.1 Å². The molecule has 0 spiro atoms. The van der Waals surface area contributed by atoms with Crippen LogP contribution >= 0.6 is 0 Å². The monoisotopic (exact) mass is 352 g/mol. The molecule has 136 valence electrons. The number of fused-ring (bicyclic) bond motifs is 1. The van der Waals surface area contributed by atoms with Crippen LogP contribution in [0.15, 0.2) is 35.5 Å². The first-order valence-corrected chi connectivity index (χ1v) is 9.25. The molecule has 0 saturated carbocycles. The van der Waals surface area contributed by atoms with E-state index >= 15 is 0 Å². The molecule has 1 aliphatic heterocycles. The highest BCUT2D eigenvalue weighted by Crippen LogP contribution is 2.23. The number of hydrogen-bond donors (Lipinski definition) is 0. The van der Waals surface area contributed by atoms with Crippen LogP contribution in [-0.4, -0.2) is 37.2 Å². The predicted octanol–water partition coefficient (Wildman–Crippen LogP) is 2.23. The molecule has 1 saturated heterocycles. The number of aryl methyl sites for hydroxylation is 2. The smallest absolute Gasteiger partial charge is 0.330 e. The van der Waals surface area contributed by atoms with E-state index in [1.807, 2.05) is 42.9 Å². The average Bonchev–Trinajstić information content (AvgIpc) is 2.94. The van der Waals surface area contributed by atoms with Gasteiger partial charge in [-0.2, -0.15) is 0 Å². The molecule has 0 unspecified atom stereocenters. The Morgan fingerprint density at radius 2 is 1.85 bits per heavy atom. The number of nitrogens with zero attached hydrogens (tertiary/aromatic N) is 6. The van der Waals surface area contributed by atoms with Gasteiger partial charge in [-0.15, -0.1) is 0 Å². The van der Waals surface area contributed by atoms with Gasteiger partial charge in [-0.1, -0.05) is 0 Å². The molecule has 0 N–H and O–H groups in total. The highest BCUT2D eigenvalue weighted by atomic mass is 16.1. The topological polar surface area (TPSA) is 68.8 Å². The van der Waals surface area contributed by atoms with Crippen molar-refractivity contribution in [1.29, 1.82) is 0 Å². The molecule has 4 heterocycles. The molecule has 7 nitrogen and oxygen atoms in total. The summed E-state index contributed by atoms with van der Waals surface area (Å²) in [6.45, 7) is 7.22. The minimum atomic E-state index is 0.0468. The van der Waals surface area contributed by atoms with Gasteiger partial charge in [0, 0.05) is 44.8 Å². The van der Waals surface area contributed by atoms with E-state index in [1.54, 1.807) is 10.8 Å². The van der Waals surface area contributed by atoms with Crippen molar-refractivity contribution in [2.45, 2.75) is 39.8 Å². The molecule has 0 aromatic carbocycles. The summed E-state index contributed by atoms with van der Waals surface area (Å²) in [6.07, 6.45) is 7.53. The van der Waals surface area contributed by atoms with Crippen LogP contribution in [0.2, 0.25) is 0 Å². The summed E-state index contributed by atoms with van der Waals surface area (Å²) >= 11 is 0. The van der Waals surface area contributed by atoms with E-state index in [0.717, 1.165) is 55.2 Å². The minimum absolute atomic E-state index is 0.0468. The molecule has 3 aromatic heterocycles. The highest BCUT2D eigenvalue weighted by Gasteiger charge is 2.23. The molecule has 3 aromatic rings. The van der Waals surface area contributed by atoms with Gasteiger partial charge in [-0.05, 0) is 50.3 Å². The summed E-state index contributed by atoms with van der Waals surface area (Å²) in [5, 5.41) is 0. The third-order valence-corrected chi connectivity index (χ3v) is 5.20. The lowest BCUT2D eigenvalue weighted by molar-refractivity contribution is 0.352. The van der Waals surface area contributed by atoms with Crippen LogP contribution in [0, 0.1) is 12.8 Å². The first-order valence-electron chi connectivity index (χ1n) is 9.25. The summed E-state index contributed by atoms with van der Waals surface area (Å²) < 4.78 is 3.65. The second kappa shape index (κ2) is 6.90. The molecule has 0 aliphatic carbocycles. The van der Waals surface area contributed by atoms with E-state index in [-0.39, 0.29) is 5.69 Å². The predicted molar refractivity (Wildman–Crippen MR) is 101 cm³/mol. The fourth-order valence-corrected chi connectivity index (χ4v) is 3.74. The number of hydrogen-bond acceptors (Lipinski definition) is 5. The van der Waals surface area contributed by atoms with Gasteiger partial charge in [0.25, 0.3) is 0 Å². The van der Waals surface area contributed by atoms with Crippen LogP contribution in [0.5, 0.6) is 0 Å². The van der Waals surface area contributed by atoms with Gasteiger partial charge in [-0.3, -0.25) is 9.13 Å². The standard InChI is InChI=1S/C19H24N6O/c1-3-24-16-5-4-8-20-17(16)25(19(24)26)13-15-6-9-23(10-7-15)18-21-11-14(2)12-22-18/h4-5,8,11-12,15H,3,6-7,9-10,13H2,1-2H3. The summed E-state index contributed by atoms with van der Waals surface area (Å²) in [4.78, 5) is 28.3. The minimum Gasteiger partial charge on any atom is -0.341 e. The Hall–Kier alpha value is -2.70. The van der Waals surface area contributed by atoms with Gasteiger partial charge >= 0.3 is 5.69 Å². The van der Waals surface area contributed by atoms with Crippen molar-refractivity contribution in [3.63, 3.8) is 0 Å². The maximum Gasteiger partial charge on any atom is 0.330 e. The largest absolute Gasteiger partial charge is 0.341 e. The molecule has 0 bridgehead atoms. The molecule has 0 radical (unpaired) electrons. The molecule has 7 heteroatoms. The van der Waals surface area contributed by atoms with Crippen LogP contribution in [0.1, 0.15) is 25.3 Å². The summed E-state index contributed by atoms with van der Waals surface area (Å²) in [5.41, 5.74) is 2.84. The zero-order valence-electron chi connectivity index (χ0n) is 15.3. The molecule has 1 fully saturated rings. The Kier molecular flexibility index (Phi) is 4.44. The van der Waals surface area contributed by atoms with Crippen molar-refractivity contribution in [1.82, 2.24) is 24.1 Å². The van der Waals surface area contributed by atoms with Crippen molar-refractivity contribution < 1.29 is 0 Å². The second-order valence-electron chi connectivity index (χ2n) is 6.97.